The van der Waals surface area contributed by atoms with E-state index in [0.717, 1.165) is 42.4 Å². The number of hydrogen-bond acceptors (Lipinski definition) is 4. The van der Waals surface area contributed by atoms with Gasteiger partial charge in [0, 0.05) is 52.1 Å². The van der Waals surface area contributed by atoms with E-state index in [1.54, 1.807) is 21.3 Å². The molecule has 1 heterocycles. The third kappa shape index (κ3) is 5.40. The van der Waals surface area contributed by atoms with Crippen LogP contribution >= 0.6 is 0 Å². The largest absolute Gasteiger partial charge is 0.497 e. The summed E-state index contributed by atoms with van der Waals surface area (Å²) in [7, 11) is 9.07. The van der Waals surface area contributed by atoms with Gasteiger partial charge in [-0.05, 0) is 30.5 Å². The van der Waals surface area contributed by atoms with Crippen LogP contribution in [-0.2, 0) is 20.0 Å². The molecule has 142 valence electrons. The Kier molecular flexibility index (Phi) is 7.32. The second-order valence-corrected chi connectivity index (χ2v) is 6.13. The Morgan fingerprint density at radius 1 is 1.31 bits per heavy atom. The molecular weight excluding hydrogens is 330 g/mol. The number of rotatable bonds is 8. The first-order valence-corrected chi connectivity index (χ1v) is 8.67. The Labute approximate surface area is 155 Å². The average molecular weight is 359 g/mol. The van der Waals surface area contributed by atoms with Crippen molar-refractivity contribution < 1.29 is 9.47 Å². The molecule has 0 atom stereocenters. The summed E-state index contributed by atoms with van der Waals surface area (Å²) in [5.41, 5.74) is 2.33. The van der Waals surface area contributed by atoms with Gasteiger partial charge in [-0.3, -0.25) is 9.67 Å². The summed E-state index contributed by atoms with van der Waals surface area (Å²) in [6.45, 7) is 1.54. The molecule has 7 nitrogen and oxygen atoms in total. The molecule has 0 aliphatic heterocycles. The molecule has 0 saturated heterocycles. The van der Waals surface area contributed by atoms with Crippen molar-refractivity contribution in [2.24, 2.45) is 12.0 Å². The number of hydrogen-bond donors (Lipinski definition) is 1. The fraction of sp³-hybridized carbons (Fsp3) is 0.474. The molecule has 0 aliphatic rings. The first-order chi connectivity index (χ1) is 12.6. The molecule has 7 heteroatoms. The Morgan fingerprint density at radius 2 is 2.12 bits per heavy atom. The molecule has 0 spiro atoms. The highest BCUT2D eigenvalue weighted by molar-refractivity contribution is 5.79. The smallest absolute Gasteiger partial charge is 0.193 e. The number of methoxy groups -OCH3 is 2. The molecule has 0 fully saturated rings. The maximum Gasteiger partial charge on any atom is 0.193 e. The lowest BCUT2D eigenvalue weighted by atomic mass is 10.2. The van der Waals surface area contributed by atoms with Gasteiger partial charge >= 0.3 is 0 Å². The second kappa shape index (κ2) is 9.70. The van der Waals surface area contributed by atoms with E-state index in [-0.39, 0.29) is 0 Å². The fourth-order valence-electron chi connectivity index (χ4n) is 2.79. The van der Waals surface area contributed by atoms with Gasteiger partial charge in [-0.2, -0.15) is 5.10 Å². The zero-order valence-corrected chi connectivity index (χ0v) is 16.3. The first-order valence-electron chi connectivity index (χ1n) is 8.67. The third-order valence-corrected chi connectivity index (χ3v) is 4.16. The zero-order valence-electron chi connectivity index (χ0n) is 16.3. The van der Waals surface area contributed by atoms with Crippen LogP contribution in [0.2, 0.25) is 0 Å². The molecule has 0 bridgehead atoms. The van der Waals surface area contributed by atoms with E-state index in [4.69, 9.17) is 9.47 Å². The summed E-state index contributed by atoms with van der Waals surface area (Å²) in [6.07, 6.45) is 5.98. The number of ether oxygens (including phenoxy) is 2. The van der Waals surface area contributed by atoms with E-state index in [1.807, 2.05) is 43.2 Å². The van der Waals surface area contributed by atoms with Crippen LogP contribution in [0.5, 0.6) is 11.5 Å². The molecular formula is C19H29N5O2. The van der Waals surface area contributed by atoms with Gasteiger partial charge in [0.25, 0.3) is 0 Å². The number of aliphatic imine (C=N–C) groups is 1. The minimum Gasteiger partial charge on any atom is -0.497 e. The van der Waals surface area contributed by atoms with E-state index >= 15 is 0 Å². The predicted octanol–water partition coefficient (Wildman–Crippen LogP) is 2.08. The van der Waals surface area contributed by atoms with Gasteiger partial charge < -0.3 is 19.7 Å². The van der Waals surface area contributed by atoms with Crippen molar-refractivity contribution in [2.75, 3.05) is 34.9 Å². The van der Waals surface area contributed by atoms with E-state index in [1.165, 1.54) is 5.56 Å². The summed E-state index contributed by atoms with van der Waals surface area (Å²) in [5.74, 6) is 2.45. The average Bonchev–Trinajstić information content (AvgIpc) is 3.07. The van der Waals surface area contributed by atoms with Crippen molar-refractivity contribution in [2.45, 2.75) is 19.4 Å². The summed E-state index contributed by atoms with van der Waals surface area (Å²) >= 11 is 0. The van der Waals surface area contributed by atoms with Crippen molar-refractivity contribution in [1.29, 1.82) is 0 Å². The van der Waals surface area contributed by atoms with Crippen molar-refractivity contribution in [3.05, 3.63) is 41.7 Å². The standard InChI is InChI=1S/C19H29N5O2/c1-20-19(21-10-6-7-15-12-22-24(3)13-15)23(2)14-16-8-9-17(25-4)11-18(16)26-5/h8-9,11-13H,6-7,10,14H2,1-5H3,(H,20,21). The molecule has 0 saturated carbocycles. The number of nitrogens with zero attached hydrogens (tertiary/aromatic N) is 4. The van der Waals surface area contributed by atoms with Crippen molar-refractivity contribution >= 4 is 5.96 Å². The van der Waals surface area contributed by atoms with Crippen LogP contribution in [0.15, 0.2) is 35.6 Å². The Balaban J connectivity index is 1.87. The summed E-state index contributed by atoms with van der Waals surface area (Å²) in [5, 5.41) is 7.60. The van der Waals surface area contributed by atoms with Crippen LogP contribution in [-0.4, -0.2) is 55.5 Å². The Hall–Kier alpha value is -2.70. The fourth-order valence-corrected chi connectivity index (χ4v) is 2.79. The highest BCUT2D eigenvalue weighted by atomic mass is 16.5. The zero-order chi connectivity index (χ0) is 18.9. The maximum atomic E-state index is 5.48. The molecule has 2 rings (SSSR count). The number of benzene rings is 1. The molecule has 0 unspecified atom stereocenters. The van der Waals surface area contributed by atoms with Gasteiger partial charge in [0.15, 0.2) is 5.96 Å². The minimum absolute atomic E-state index is 0.690. The van der Waals surface area contributed by atoms with Crippen molar-refractivity contribution in [1.82, 2.24) is 20.0 Å². The lowest BCUT2D eigenvalue weighted by Gasteiger charge is -2.23. The van der Waals surface area contributed by atoms with Crippen LogP contribution in [0.1, 0.15) is 17.5 Å². The highest BCUT2D eigenvalue weighted by Crippen LogP contribution is 2.25. The number of aromatic nitrogens is 2. The lowest BCUT2D eigenvalue weighted by molar-refractivity contribution is 0.382. The maximum absolute atomic E-state index is 5.48. The van der Waals surface area contributed by atoms with E-state index in [2.05, 4.69) is 26.5 Å². The van der Waals surface area contributed by atoms with E-state index < -0.39 is 0 Å². The molecule has 0 radical (unpaired) electrons. The van der Waals surface area contributed by atoms with Crippen molar-refractivity contribution in [3.63, 3.8) is 0 Å². The molecule has 2 aromatic rings. The van der Waals surface area contributed by atoms with Crippen LogP contribution in [0.4, 0.5) is 0 Å². The van der Waals surface area contributed by atoms with Gasteiger partial charge in [0.1, 0.15) is 11.5 Å². The second-order valence-electron chi connectivity index (χ2n) is 6.13. The van der Waals surface area contributed by atoms with Crippen LogP contribution < -0.4 is 14.8 Å². The third-order valence-electron chi connectivity index (χ3n) is 4.16. The summed E-state index contributed by atoms with van der Waals surface area (Å²) in [6, 6.07) is 5.85. The van der Waals surface area contributed by atoms with Crippen molar-refractivity contribution in [3.8, 4) is 11.5 Å². The molecule has 1 aromatic heterocycles. The molecule has 0 amide bonds. The van der Waals surface area contributed by atoms with Crippen LogP contribution in [0.25, 0.3) is 0 Å². The van der Waals surface area contributed by atoms with Gasteiger partial charge in [0.05, 0.1) is 20.4 Å². The predicted molar refractivity (Wildman–Crippen MR) is 104 cm³/mol. The van der Waals surface area contributed by atoms with Crippen LogP contribution in [0.3, 0.4) is 0 Å². The lowest BCUT2D eigenvalue weighted by Crippen LogP contribution is -2.39. The van der Waals surface area contributed by atoms with Crippen LogP contribution in [0, 0.1) is 0 Å². The summed E-state index contributed by atoms with van der Waals surface area (Å²) in [4.78, 5) is 6.45. The Bertz CT molecular complexity index is 726. The first kappa shape index (κ1) is 19.6. The molecule has 1 aromatic carbocycles. The van der Waals surface area contributed by atoms with E-state index in [9.17, 15) is 0 Å². The topological polar surface area (TPSA) is 63.9 Å². The SMILES string of the molecule is CN=C(NCCCc1cnn(C)c1)N(C)Cc1ccc(OC)cc1OC. The molecule has 26 heavy (non-hydrogen) atoms. The number of aryl methyl sites for hydroxylation is 2. The molecule has 1 N–H and O–H groups in total. The summed E-state index contributed by atoms with van der Waals surface area (Å²) < 4.78 is 12.6. The number of guanidine groups is 1. The van der Waals surface area contributed by atoms with Gasteiger partial charge in [-0.15, -0.1) is 0 Å². The Morgan fingerprint density at radius 3 is 2.73 bits per heavy atom. The van der Waals surface area contributed by atoms with Gasteiger partial charge in [-0.25, -0.2) is 0 Å². The normalized spacial score (nSPS) is 11.3. The minimum atomic E-state index is 0.690. The molecule has 0 aliphatic carbocycles. The monoisotopic (exact) mass is 359 g/mol. The van der Waals surface area contributed by atoms with Gasteiger partial charge in [0.2, 0.25) is 0 Å². The van der Waals surface area contributed by atoms with Gasteiger partial charge in [-0.1, -0.05) is 0 Å². The number of nitrogens with one attached hydrogen (secondary N) is 1. The quantitative estimate of drug-likeness (QED) is 0.444. The highest BCUT2D eigenvalue weighted by Gasteiger charge is 2.11. The van der Waals surface area contributed by atoms with E-state index in [0.29, 0.717) is 6.54 Å².